The minimum Gasteiger partial charge on any atom is -0.454 e. The van der Waals surface area contributed by atoms with E-state index in [1.54, 1.807) is 0 Å². The van der Waals surface area contributed by atoms with Gasteiger partial charge in [0.25, 0.3) is 0 Å². The third-order valence-corrected chi connectivity index (χ3v) is 4.64. The van der Waals surface area contributed by atoms with E-state index < -0.39 is 0 Å². The number of urea groups is 1. The zero-order chi connectivity index (χ0) is 16.4. The molecular weight excluding hydrogens is 296 g/mol. The highest BCUT2D eigenvalue weighted by Gasteiger charge is 2.49. The van der Waals surface area contributed by atoms with Gasteiger partial charge in [0.2, 0.25) is 6.79 Å². The summed E-state index contributed by atoms with van der Waals surface area (Å²) in [5.41, 5.74) is 0.817. The van der Waals surface area contributed by atoms with Crippen LogP contribution in [0.5, 0.6) is 11.5 Å². The van der Waals surface area contributed by atoms with Crippen molar-refractivity contribution in [2.45, 2.75) is 39.3 Å². The van der Waals surface area contributed by atoms with Gasteiger partial charge in [0.1, 0.15) is 0 Å². The van der Waals surface area contributed by atoms with Crippen LogP contribution in [0.25, 0.3) is 0 Å². The zero-order valence-electron chi connectivity index (χ0n) is 13.6. The maximum atomic E-state index is 12.0. The number of carbonyl (C=O) groups excluding carboxylic acids is 1. The Labute approximate surface area is 136 Å². The van der Waals surface area contributed by atoms with E-state index in [0.29, 0.717) is 18.8 Å². The lowest BCUT2D eigenvalue weighted by Crippen LogP contribution is -2.42. The van der Waals surface area contributed by atoms with Gasteiger partial charge >= 0.3 is 6.03 Å². The molecule has 0 bridgehead atoms. The van der Waals surface area contributed by atoms with Crippen molar-refractivity contribution in [3.8, 4) is 11.5 Å². The molecular formula is C17H24N2O4. The molecule has 1 atom stereocenters. The van der Waals surface area contributed by atoms with Crippen LogP contribution in [-0.4, -0.2) is 30.6 Å². The lowest BCUT2D eigenvalue weighted by molar-refractivity contribution is 0.0515. The van der Waals surface area contributed by atoms with Crippen molar-refractivity contribution >= 4 is 6.03 Å². The van der Waals surface area contributed by atoms with Gasteiger partial charge in [-0.3, -0.25) is 0 Å². The van der Waals surface area contributed by atoms with Crippen LogP contribution < -0.4 is 20.1 Å². The third kappa shape index (κ3) is 3.52. The van der Waals surface area contributed by atoms with Gasteiger partial charge in [0, 0.05) is 18.5 Å². The molecule has 3 N–H and O–H groups in total. The Hall–Kier alpha value is -1.95. The molecule has 0 aromatic heterocycles. The predicted molar refractivity (Wildman–Crippen MR) is 85.3 cm³/mol. The Morgan fingerprint density at radius 3 is 2.70 bits per heavy atom. The first-order valence-corrected chi connectivity index (χ1v) is 8.08. The van der Waals surface area contributed by atoms with Crippen molar-refractivity contribution in [3.05, 3.63) is 23.8 Å². The first-order chi connectivity index (χ1) is 11.0. The average Bonchev–Trinajstić information content (AvgIpc) is 3.19. The number of fused-ring (bicyclic) bond motifs is 1. The van der Waals surface area contributed by atoms with Crippen molar-refractivity contribution in [2.75, 3.05) is 13.3 Å². The normalized spacial score (nSPS) is 18.6. The summed E-state index contributed by atoms with van der Waals surface area (Å²) >= 11 is 0. The Kier molecular flexibility index (Phi) is 4.35. The Morgan fingerprint density at radius 1 is 1.26 bits per heavy atom. The van der Waals surface area contributed by atoms with Crippen LogP contribution in [0.4, 0.5) is 4.79 Å². The fraction of sp³-hybridized carbons (Fsp3) is 0.588. The monoisotopic (exact) mass is 320 g/mol. The van der Waals surface area contributed by atoms with E-state index in [2.05, 4.69) is 10.6 Å². The summed E-state index contributed by atoms with van der Waals surface area (Å²) in [5.74, 6) is 1.65. The van der Waals surface area contributed by atoms with Crippen molar-refractivity contribution in [3.63, 3.8) is 0 Å². The Morgan fingerprint density at radius 2 is 2.00 bits per heavy atom. The predicted octanol–water partition coefficient (Wildman–Crippen LogP) is 2.01. The van der Waals surface area contributed by atoms with E-state index in [1.807, 2.05) is 32.0 Å². The molecule has 0 unspecified atom stereocenters. The van der Waals surface area contributed by atoms with E-state index >= 15 is 0 Å². The molecule has 1 saturated carbocycles. The van der Waals surface area contributed by atoms with Crippen LogP contribution in [0.15, 0.2) is 18.2 Å². The van der Waals surface area contributed by atoms with Crippen molar-refractivity contribution < 1.29 is 19.4 Å². The summed E-state index contributed by atoms with van der Waals surface area (Å²) in [6, 6.07) is 5.40. The van der Waals surface area contributed by atoms with Crippen LogP contribution >= 0.6 is 0 Å². The molecule has 0 radical (unpaired) electrons. The van der Waals surface area contributed by atoms with Crippen molar-refractivity contribution in [1.29, 1.82) is 0 Å². The van der Waals surface area contributed by atoms with Crippen molar-refractivity contribution in [1.82, 2.24) is 10.6 Å². The van der Waals surface area contributed by atoms with E-state index in [1.165, 1.54) is 0 Å². The summed E-state index contributed by atoms with van der Waals surface area (Å²) in [7, 11) is 0. The second-order valence-corrected chi connectivity index (χ2v) is 6.78. The molecule has 1 aromatic carbocycles. The van der Waals surface area contributed by atoms with Gasteiger partial charge in [-0.1, -0.05) is 19.9 Å². The molecule has 2 amide bonds. The molecule has 1 aliphatic heterocycles. The SMILES string of the molecule is CC(C)[C@@H](O)C1(CNC(=O)NCc2ccc3c(c2)OCO3)CC1. The highest BCUT2D eigenvalue weighted by molar-refractivity contribution is 5.74. The minimum atomic E-state index is -0.364. The molecule has 0 spiro atoms. The van der Waals surface area contributed by atoms with Gasteiger partial charge in [-0.15, -0.1) is 0 Å². The molecule has 1 aromatic rings. The first kappa shape index (κ1) is 15.9. The molecule has 2 aliphatic rings. The second kappa shape index (κ2) is 6.28. The van der Waals surface area contributed by atoms with Crippen LogP contribution in [0, 0.1) is 11.3 Å². The number of benzene rings is 1. The van der Waals surface area contributed by atoms with Crippen LogP contribution in [0.2, 0.25) is 0 Å². The average molecular weight is 320 g/mol. The number of ether oxygens (including phenoxy) is 2. The molecule has 23 heavy (non-hydrogen) atoms. The number of aliphatic hydroxyl groups excluding tert-OH is 1. The highest BCUT2D eigenvalue weighted by atomic mass is 16.7. The molecule has 1 fully saturated rings. The number of amides is 2. The maximum absolute atomic E-state index is 12.0. The van der Waals surface area contributed by atoms with E-state index in [0.717, 1.165) is 24.2 Å². The second-order valence-electron chi connectivity index (χ2n) is 6.78. The molecule has 3 rings (SSSR count). The fourth-order valence-electron chi connectivity index (χ4n) is 3.00. The Bertz CT molecular complexity index is 584. The van der Waals surface area contributed by atoms with E-state index in [4.69, 9.17) is 9.47 Å². The smallest absolute Gasteiger partial charge is 0.315 e. The first-order valence-electron chi connectivity index (χ1n) is 8.08. The van der Waals surface area contributed by atoms with E-state index in [-0.39, 0.29) is 30.3 Å². The summed E-state index contributed by atoms with van der Waals surface area (Å²) in [6.07, 6.45) is 1.57. The molecule has 6 nitrogen and oxygen atoms in total. The number of aliphatic hydroxyl groups is 1. The number of rotatable bonds is 6. The quantitative estimate of drug-likeness (QED) is 0.749. The summed E-state index contributed by atoms with van der Waals surface area (Å²) in [5, 5.41) is 15.9. The molecule has 0 saturated heterocycles. The fourth-order valence-corrected chi connectivity index (χ4v) is 3.00. The number of nitrogens with one attached hydrogen (secondary N) is 2. The summed E-state index contributed by atoms with van der Waals surface area (Å²) < 4.78 is 10.6. The van der Waals surface area contributed by atoms with Gasteiger partial charge in [0.15, 0.2) is 11.5 Å². The summed E-state index contributed by atoms with van der Waals surface area (Å²) in [6.45, 7) is 5.18. The van der Waals surface area contributed by atoms with Gasteiger partial charge in [-0.25, -0.2) is 4.79 Å². The standard InChI is InChI=1S/C17H24N2O4/c1-11(2)15(20)17(5-6-17)9-19-16(21)18-8-12-3-4-13-14(7-12)23-10-22-13/h3-4,7,11,15,20H,5-6,8-10H2,1-2H3,(H2,18,19,21)/t15-/m1/s1. The minimum absolute atomic E-state index is 0.135. The van der Waals surface area contributed by atoms with Crippen LogP contribution in [0.1, 0.15) is 32.3 Å². The maximum Gasteiger partial charge on any atom is 0.315 e. The number of hydrogen-bond donors (Lipinski definition) is 3. The lowest BCUT2D eigenvalue weighted by Gasteiger charge is -2.25. The summed E-state index contributed by atoms with van der Waals surface area (Å²) in [4.78, 5) is 12.0. The van der Waals surface area contributed by atoms with Gasteiger partial charge in [-0.2, -0.15) is 0 Å². The molecule has 6 heteroatoms. The number of carbonyl (C=O) groups is 1. The molecule has 1 heterocycles. The Balaban J connectivity index is 1.45. The highest BCUT2D eigenvalue weighted by Crippen LogP contribution is 2.50. The van der Waals surface area contributed by atoms with E-state index in [9.17, 15) is 9.90 Å². The zero-order valence-corrected chi connectivity index (χ0v) is 13.6. The van der Waals surface area contributed by atoms with Gasteiger partial charge in [0.05, 0.1) is 6.10 Å². The largest absolute Gasteiger partial charge is 0.454 e. The van der Waals surface area contributed by atoms with Crippen LogP contribution in [0.3, 0.4) is 0 Å². The molecule has 1 aliphatic carbocycles. The van der Waals surface area contributed by atoms with Crippen molar-refractivity contribution in [2.24, 2.45) is 11.3 Å². The van der Waals surface area contributed by atoms with Crippen LogP contribution in [-0.2, 0) is 6.54 Å². The lowest BCUT2D eigenvalue weighted by atomic mass is 9.90. The third-order valence-electron chi connectivity index (χ3n) is 4.64. The van der Waals surface area contributed by atoms with Gasteiger partial charge in [-0.05, 0) is 36.5 Å². The van der Waals surface area contributed by atoms with Gasteiger partial charge < -0.3 is 25.2 Å². The number of hydrogen-bond acceptors (Lipinski definition) is 4. The molecule has 126 valence electrons. The topological polar surface area (TPSA) is 79.8 Å².